The number of nitrogens with zero attached hydrogens (tertiary/aromatic N) is 1. The van der Waals surface area contributed by atoms with Crippen molar-refractivity contribution in [3.63, 3.8) is 0 Å². The van der Waals surface area contributed by atoms with Gasteiger partial charge in [0, 0.05) is 0 Å². The summed E-state index contributed by atoms with van der Waals surface area (Å²) in [6.45, 7) is 8.47. The summed E-state index contributed by atoms with van der Waals surface area (Å²) >= 11 is 0. The molecule has 0 heterocycles. The number of hydrogen-bond acceptors (Lipinski definition) is 2. The van der Waals surface area contributed by atoms with E-state index in [0.29, 0.717) is 0 Å². The van der Waals surface area contributed by atoms with Gasteiger partial charge in [0.25, 0.3) is 0 Å². The van der Waals surface area contributed by atoms with E-state index in [2.05, 4.69) is 52.3 Å². The van der Waals surface area contributed by atoms with Gasteiger partial charge in [-0.1, -0.05) is 0 Å². The first-order chi connectivity index (χ1) is 7.34. The van der Waals surface area contributed by atoms with Crippen LogP contribution in [-0.4, -0.2) is 24.5 Å². The summed E-state index contributed by atoms with van der Waals surface area (Å²) in [5.41, 5.74) is 10.7. The third kappa shape index (κ3) is 5.16. The topological polar surface area (TPSA) is 29.3 Å². The van der Waals surface area contributed by atoms with Gasteiger partial charge < -0.3 is 0 Å². The van der Waals surface area contributed by atoms with Gasteiger partial charge in [0.05, 0.1) is 0 Å². The molecular weight excluding hydrogens is 215 g/mol. The van der Waals surface area contributed by atoms with Crippen LogP contribution in [0, 0.1) is 5.63 Å². The van der Waals surface area contributed by atoms with E-state index in [-0.39, 0.29) is 5.54 Å². The molecule has 0 bridgehead atoms. The Bertz CT molecular complexity index is 300. The molecule has 0 amide bonds. The van der Waals surface area contributed by atoms with Crippen LogP contribution in [0.3, 0.4) is 0 Å². The summed E-state index contributed by atoms with van der Waals surface area (Å²) in [6, 6.07) is 0. The first-order valence-corrected chi connectivity index (χ1v) is 6.87. The molecule has 2 nitrogen and oxygen atoms in total. The fraction of sp³-hybridized carbons (Fsp3) is 0.769. The third-order valence-electron chi connectivity index (χ3n) is 2.26. The van der Waals surface area contributed by atoms with Gasteiger partial charge in [-0.2, -0.15) is 0 Å². The summed E-state index contributed by atoms with van der Waals surface area (Å²) in [6.07, 6.45) is 3.20. The minimum absolute atomic E-state index is 0.265. The molecule has 0 fully saturated rings. The Hall–Kier alpha value is -0.290. The Balaban J connectivity index is 5.46. The summed E-state index contributed by atoms with van der Waals surface area (Å²) in [5, 5.41) is 1.29. The monoisotopic (exact) mass is 241 g/mol. The van der Waals surface area contributed by atoms with E-state index in [1.165, 1.54) is 11.0 Å². The predicted octanol–water partition coefficient (Wildman–Crippen LogP) is 3.61. The molecule has 0 saturated carbocycles. The molecule has 0 aromatic carbocycles. The van der Waals surface area contributed by atoms with Gasteiger partial charge >= 0.3 is 102 Å². The van der Waals surface area contributed by atoms with Gasteiger partial charge in [-0.15, -0.1) is 0 Å². The fourth-order valence-electron chi connectivity index (χ4n) is 1.53. The van der Waals surface area contributed by atoms with Crippen LogP contribution < -0.4 is 5.73 Å². The zero-order chi connectivity index (χ0) is 12.8. The molecular formula is C13H26N2P+. The number of allylic oxidation sites excluding steroid dienone is 1. The molecule has 92 valence electrons. The van der Waals surface area contributed by atoms with Crippen LogP contribution in [0.1, 0.15) is 47.0 Å². The van der Waals surface area contributed by atoms with E-state index in [0.717, 1.165) is 27.3 Å². The quantitative estimate of drug-likeness (QED) is 0.762. The van der Waals surface area contributed by atoms with Crippen LogP contribution in [0.4, 0.5) is 0 Å². The second-order valence-corrected chi connectivity index (χ2v) is 5.77. The maximum absolute atomic E-state index is 6.26. The number of rotatable bonds is 4. The van der Waals surface area contributed by atoms with E-state index in [4.69, 9.17) is 5.73 Å². The van der Waals surface area contributed by atoms with Crippen molar-refractivity contribution in [1.29, 1.82) is 0 Å². The zero-order valence-corrected chi connectivity index (χ0v) is 12.5. The summed E-state index contributed by atoms with van der Waals surface area (Å²) < 4.78 is 0. The van der Waals surface area contributed by atoms with Crippen LogP contribution in [0.5, 0.6) is 0 Å². The molecule has 0 aromatic rings. The zero-order valence-electron chi connectivity index (χ0n) is 11.6. The Labute approximate surface area is 102 Å². The van der Waals surface area contributed by atoms with E-state index >= 15 is 0 Å². The van der Waals surface area contributed by atoms with Crippen molar-refractivity contribution in [2.75, 3.05) is 14.1 Å². The van der Waals surface area contributed by atoms with E-state index < -0.39 is 0 Å². The van der Waals surface area contributed by atoms with Gasteiger partial charge in [0.15, 0.2) is 0 Å². The van der Waals surface area contributed by atoms with Gasteiger partial charge in [0.2, 0.25) is 0 Å². The summed E-state index contributed by atoms with van der Waals surface area (Å²) in [7, 11) is 5.34. The van der Waals surface area contributed by atoms with Crippen LogP contribution in [0.25, 0.3) is 0 Å². The fourth-order valence-corrected chi connectivity index (χ4v) is 2.57. The second kappa shape index (κ2) is 7.12. The van der Waals surface area contributed by atoms with E-state index in [1.54, 1.807) is 0 Å². The van der Waals surface area contributed by atoms with Crippen molar-refractivity contribution >= 4 is 8.04 Å². The molecule has 0 unspecified atom stereocenters. The Morgan fingerprint density at radius 2 is 1.88 bits per heavy atom. The number of nitrogens with two attached hydrogens (primary N) is 1. The minimum atomic E-state index is -0.265. The first-order valence-electron chi connectivity index (χ1n) is 5.98. The SMILES string of the molecule is CCC#[P+]/C(=C(/CCC)N(C)C)C(C)(C)N. The Kier molecular flexibility index (Phi) is 6.99. The van der Waals surface area contributed by atoms with Crippen molar-refractivity contribution < 1.29 is 0 Å². The standard InChI is InChI=1S/C13H26N2P/c1-7-9-11(15(5)6)12(13(3,4)14)16-10-8-2/h7-9,14H2,1-6H3/q+1/b12-11-. The van der Waals surface area contributed by atoms with Crippen molar-refractivity contribution in [3.05, 3.63) is 11.0 Å². The maximum atomic E-state index is 6.26. The van der Waals surface area contributed by atoms with Gasteiger partial charge in [0.1, 0.15) is 0 Å². The average molecular weight is 241 g/mol. The van der Waals surface area contributed by atoms with Gasteiger partial charge in [-0.25, -0.2) is 0 Å². The first kappa shape index (κ1) is 15.7. The Morgan fingerprint density at radius 1 is 1.31 bits per heavy atom. The molecule has 16 heavy (non-hydrogen) atoms. The average Bonchev–Trinajstić information content (AvgIpc) is 2.14. The molecule has 2 N–H and O–H groups in total. The van der Waals surface area contributed by atoms with Gasteiger partial charge in [-0.3, -0.25) is 0 Å². The third-order valence-corrected chi connectivity index (χ3v) is 3.79. The molecule has 0 atom stereocenters. The van der Waals surface area contributed by atoms with Crippen LogP contribution >= 0.6 is 8.04 Å². The Morgan fingerprint density at radius 3 is 2.19 bits per heavy atom. The molecule has 3 heteroatoms. The normalized spacial score (nSPS) is 12.9. The summed E-state index contributed by atoms with van der Waals surface area (Å²) in [4.78, 5) is 2.19. The number of hydrogen-bond donors (Lipinski definition) is 1. The van der Waals surface area contributed by atoms with Crippen molar-refractivity contribution in [3.8, 4) is 5.63 Å². The predicted molar refractivity (Wildman–Crippen MR) is 75.0 cm³/mol. The van der Waals surface area contributed by atoms with Crippen LogP contribution in [0.2, 0.25) is 0 Å². The molecule has 0 aromatic heterocycles. The van der Waals surface area contributed by atoms with Crippen molar-refractivity contribution in [2.24, 2.45) is 5.73 Å². The molecule has 0 aliphatic carbocycles. The van der Waals surface area contributed by atoms with Gasteiger partial charge in [-0.05, 0) is 0 Å². The molecule has 0 rings (SSSR count). The van der Waals surface area contributed by atoms with Crippen LogP contribution in [-0.2, 0) is 0 Å². The molecule has 0 aliphatic heterocycles. The molecule has 0 radical (unpaired) electrons. The van der Waals surface area contributed by atoms with Crippen LogP contribution in [0.15, 0.2) is 11.0 Å². The van der Waals surface area contributed by atoms with E-state index in [9.17, 15) is 0 Å². The molecule has 0 spiro atoms. The second-order valence-electron chi connectivity index (χ2n) is 4.78. The van der Waals surface area contributed by atoms with Crippen molar-refractivity contribution in [1.82, 2.24) is 4.90 Å². The summed E-state index contributed by atoms with van der Waals surface area (Å²) in [5.74, 6) is 0. The van der Waals surface area contributed by atoms with E-state index in [1.807, 2.05) is 0 Å². The molecule has 0 aliphatic rings. The van der Waals surface area contributed by atoms with Crippen molar-refractivity contribution in [2.45, 2.75) is 52.5 Å². The molecule has 0 saturated heterocycles.